The second-order valence-electron chi connectivity index (χ2n) is 9.04. The highest BCUT2D eigenvalue weighted by molar-refractivity contribution is 5.85. The van der Waals surface area contributed by atoms with Crippen LogP contribution in [0.2, 0.25) is 0 Å². The number of rotatable bonds is 8. The molecule has 1 N–H and O–H groups in total. The molecule has 188 valence electrons. The number of esters is 1. The number of nitrogens with zero attached hydrogens (tertiary/aromatic N) is 1. The first kappa shape index (κ1) is 25.4. The number of aliphatic hydroxyl groups excluding tert-OH is 1. The average Bonchev–Trinajstić information content (AvgIpc) is 2.86. The maximum atomic E-state index is 13.8. The van der Waals surface area contributed by atoms with E-state index >= 15 is 0 Å². The molecular weight excluding hydrogens is 461 g/mol. The number of hydrogen-bond acceptors (Lipinski definition) is 6. The first-order chi connectivity index (χ1) is 17.4. The molecule has 1 aromatic heterocycles. The van der Waals surface area contributed by atoms with Crippen LogP contribution in [0.1, 0.15) is 49.4 Å². The van der Waals surface area contributed by atoms with Crippen LogP contribution in [-0.4, -0.2) is 35.4 Å². The van der Waals surface area contributed by atoms with Gasteiger partial charge in [-0.1, -0.05) is 38.1 Å². The predicted molar refractivity (Wildman–Crippen MR) is 135 cm³/mol. The van der Waals surface area contributed by atoms with E-state index in [9.17, 15) is 14.3 Å². The molecule has 6 nitrogen and oxygen atoms in total. The number of methoxy groups -OCH3 is 1. The molecule has 2 aromatic carbocycles. The fourth-order valence-corrected chi connectivity index (χ4v) is 4.29. The number of carbonyl (C=O) groups is 1. The van der Waals surface area contributed by atoms with Gasteiger partial charge in [-0.25, -0.2) is 4.39 Å². The van der Waals surface area contributed by atoms with Crippen molar-refractivity contribution in [1.29, 1.82) is 0 Å². The van der Waals surface area contributed by atoms with Crippen molar-refractivity contribution in [3.8, 4) is 22.6 Å². The fourth-order valence-electron chi connectivity index (χ4n) is 4.29. The summed E-state index contributed by atoms with van der Waals surface area (Å²) in [7, 11) is 1.58. The number of aliphatic hydroxyl groups is 1. The van der Waals surface area contributed by atoms with Gasteiger partial charge in [-0.05, 0) is 59.0 Å². The molecule has 7 heteroatoms. The van der Waals surface area contributed by atoms with Crippen molar-refractivity contribution in [2.24, 2.45) is 0 Å². The third kappa shape index (κ3) is 5.91. The monoisotopic (exact) mass is 491 g/mol. The number of halogens is 1. The highest BCUT2D eigenvalue weighted by Gasteiger charge is 2.26. The second-order valence-corrected chi connectivity index (χ2v) is 9.04. The van der Waals surface area contributed by atoms with E-state index in [1.807, 2.05) is 30.3 Å². The summed E-state index contributed by atoms with van der Waals surface area (Å²) in [6.07, 6.45) is 4.39. The van der Waals surface area contributed by atoms with Gasteiger partial charge in [0, 0.05) is 18.2 Å². The van der Waals surface area contributed by atoms with Gasteiger partial charge in [-0.15, -0.1) is 0 Å². The van der Waals surface area contributed by atoms with Crippen molar-refractivity contribution >= 4 is 12.0 Å². The van der Waals surface area contributed by atoms with Crippen molar-refractivity contribution < 1.29 is 28.5 Å². The molecule has 0 unspecified atom stereocenters. The molecule has 0 saturated carbocycles. The third-order valence-corrected chi connectivity index (χ3v) is 6.05. The lowest BCUT2D eigenvalue weighted by Gasteiger charge is -2.25. The van der Waals surface area contributed by atoms with E-state index in [2.05, 4.69) is 18.8 Å². The number of hydrogen-bond donors (Lipinski definition) is 1. The van der Waals surface area contributed by atoms with E-state index in [1.165, 1.54) is 12.1 Å². The molecule has 0 aliphatic carbocycles. The Kier molecular flexibility index (Phi) is 8.00. The van der Waals surface area contributed by atoms with Crippen LogP contribution in [0.4, 0.5) is 4.39 Å². The first-order valence-electron chi connectivity index (χ1n) is 11.9. The summed E-state index contributed by atoms with van der Waals surface area (Å²) in [5.41, 5.74) is 4.04. The smallest absolute Gasteiger partial charge is 0.309 e. The van der Waals surface area contributed by atoms with Gasteiger partial charge in [0.25, 0.3) is 0 Å². The second kappa shape index (κ2) is 11.4. The molecule has 2 atom stereocenters. The molecule has 4 rings (SSSR count). The van der Waals surface area contributed by atoms with Crippen molar-refractivity contribution in [3.63, 3.8) is 0 Å². The van der Waals surface area contributed by atoms with Gasteiger partial charge in [0.05, 0.1) is 25.3 Å². The maximum Gasteiger partial charge on any atom is 0.309 e. The standard InChI is InChI=1S/C29H30FNO5/c1-18(2)25-16-26(34-3)29(35-17-21-6-4-5-13-31-21)28(19-7-9-20(30)10-8-19)24(25)12-11-23-14-22(32)15-27(33)36-23/h4-13,16,18,22-23,32H,14-15,17H2,1-3H3/b12-11+/t22-,23-/m1/s1. The molecule has 36 heavy (non-hydrogen) atoms. The van der Waals surface area contributed by atoms with Crippen LogP contribution in [0.5, 0.6) is 11.5 Å². The van der Waals surface area contributed by atoms with Gasteiger partial charge >= 0.3 is 5.97 Å². The van der Waals surface area contributed by atoms with E-state index in [-0.39, 0.29) is 24.8 Å². The minimum Gasteiger partial charge on any atom is -0.493 e. The number of pyridine rings is 1. The van der Waals surface area contributed by atoms with E-state index in [0.717, 1.165) is 27.9 Å². The van der Waals surface area contributed by atoms with Crippen LogP contribution in [0.25, 0.3) is 17.2 Å². The highest BCUT2D eigenvalue weighted by Crippen LogP contribution is 2.45. The lowest BCUT2D eigenvalue weighted by molar-refractivity contribution is -0.156. The maximum absolute atomic E-state index is 13.8. The highest BCUT2D eigenvalue weighted by atomic mass is 19.1. The van der Waals surface area contributed by atoms with Crippen molar-refractivity contribution in [3.05, 3.63) is 83.4 Å². The molecule has 3 aromatic rings. The SMILES string of the molecule is COc1cc(C(C)C)c(/C=C/[C@@H]2C[C@@H](O)CC(=O)O2)c(-c2ccc(F)cc2)c1OCc1ccccn1. The minimum atomic E-state index is -0.741. The summed E-state index contributed by atoms with van der Waals surface area (Å²) >= 11 is 0. The quantitative estimate of drug-likeness (QED) is 0.409. The molecule has 1 saturated heterocycles. The largest absolute Gasteiger partial charge is 0.493 e. The zero-order valence-corrected chi connectivity index (χ0v) is 20.6. The summed E-state index contributed by atoms with van der Waals surface area (Å²) < 4.78 is 31.3. The number of benzene rings is 2. The van der Waals surface area contributed by atoms with Crippen LogP contribution >= 0.6 is 0 Å². The molecule has 1 fully saturated rings. The van der Waals surface area contributed by atoms with E-state index < -0.39 is 18.2 Å². The van der Waals surface area contributed by atoms with Crippen LogP contribution in [0.3, 0.4) is 0 Å². The van der Waals surface area contributed by atoms with Gasteiger partial charge in [0.2, 0.25) is 0 Å². The fraction of sp³-hybridized carbons (Fsp3) is 0.310. The third-order valence-electron chi connectivity index (χ3n) is 6.05. The van der Waals surface area contributed by atoms with Gasteiger partial charge in [0.1, 0.15) is 18.5 Å². The lowest BCUT2D eigenvalue weighted by atomic mass is 9.88. The van der Waals surface area contributed by atoms with E-state index in [0.29, 0.717) is 17.9 Å². The number of carbonyl (C=O) groups excluding carboxylic acids is 1. The first-order valence-corrected chi connectivity index (χ1v) is 11.9. The molecule has 0 radical (unpaired) electrons. The number of cyclic esters (lactones) is 1. The van der Waals surface area contributed by atoms with E-state index in [4.69, 9.17) is 14.2 Å². The Labute approximate surface area is 210 Å². The van der Waals surface area contributed by atoms with Crippen LogP contribution in [0.15, 0.2) is 60.8 Å². The van der Waals surface area contributed by atoms with Gasteiger partial charge in [0.15, 0.2) is 11.5 Å². The topological polar surface area (TPSA) is 77.9 Å². The number of ether oxygens (including phenoxy) is 3. The zero-order valence-electron chi connectivity index (χ0n) is 20.6. The Morgan fingerprint density at radius 1 is 1.22 bits per heavy atom. The number of aromatic nitrogens is 1. The van der Waals surface area contributed by atoms with Gasteiger partial charge < -0.3 is 19.3 Å². The summed E-state index contributed by atoms with van der Waals surface area (Å²) in [6.45, 7) is 4.35. The summed E-state index contributed by atoms with van der Waals surface area (Å²) in [6, 6.07) is 13.7. The molecule has 1 aliphatic heterocycles. The van der Waals surface area contributed by atoms with E-state index in [1.54, 1.807) is 31.5 Å². The van der Waals surface area contributed by atoms with Gasteiger partial charge in [-0.2, -0.15) is 0 Å². The Hall–Kier alpha value is -3.71. The summed E-state index contributed by atoms with van der Waals surface area (Å²) in [5, 5.41) is 10.0. The Bertz CT molecular complexity index is 1220. The predicted octanol–water partition coefficient (Wildman–Crippen LogP) is 5.68. The molecule has 0 bridgehead atoms. The van der Waals surface area contributed by atoms with Crippen molar-refractivity contribution in [1.82, 2.24) is 4.98 Å². The van der Waals surface area contributed by atoms with Crippen molar-refractivity contribution in [2.45, 2.75) is 51.4 Å². The summed E-state index contributed by atoms with van der Waals surface area (Å²) in [4.78, 5) is 16.2. The molecule has 2 heterocycles. The van der Waals surface area contributed by atoms with Crippen molar-refractivity contribution in [2.75, 3.05) is 7.11 Å². The van der Waals surface area contributed by atoms with Crippen LogP contribution in [-0.2, 0) is 16.1 Å². The van der Waals surface area contributed by atoms with Gasteiger partial charge in [-0.3, -0.25) is 9.78 Å². The Balaban J connectivity index is 1.86. The molecular formula is C29H30FNO5. The Morgan fingerprint density at radius 2 is 2.00 bits per heavy atom. The average molecular weight is 492 g/mol. The zero-order chi connectivity index (χ0) is 25.7. The van der Waals surface area contributed by atoms with Crippen LogP contribution < -0.4 is 9.47 Å². The molecule has 0 spiro atoms. The molecule has 0 amide bonds. The molecule has 1 aliphatic rings. The normalized spacial score (nSPS) is 17.9. The Morgan fingerprint density at radius 3 is 2.64 bits per heavy atom. The van der Waals surface area contributed by atoms with Crippen LogP contribution in [0, 0.1) is 5.82 Å². The lowest BCUT2D eigenvalue weighted by Crippen LogP contribution is -2.31. The summed E-state index contributed by atoms with van der Waals surface area (Å²) in [5.74, 6) is 0.384. The minimum absolute atomic E-state index is 0.00351.